The molecule has 0 amide bonds. The van der Waals surface area contributed by atoms with Crippen molar-refractivity contribution in [3.05, 3.63) is 57.6 Å². The van der Waals surface area contributed by atoms with Crippen LogP contribution in [0.5, 0.6) is 0 Å². The number of benzene rings is 1. The van der Waals surface area contributed by atoms with Crippen LogP contribution in [0.4, 0.5) is 0 Å². The molecule has 2 aromatic heterocycles. The molecule has 0 bridgehead atoms. The van der Waals surface area contributed by atoms with Crippen molar-refractivity contribution in [2.45, 2.75) is 32.9 Å². The van der Waals surface area contributed by atoms with Crippen molar-refractivity contribution in [1.29, 1.82) is 0 Å². The zero-order valence-electron chi connectivity index (χ0n) is 13.3. The summed E-state index contributed by atoms with van der Waals surface area (Å²) >= 11 is 1.86. The van der Waals surface area contributed by atoms with Gasteiger partial charge in [-0.05, 0) is 49.4 Å². The summed E-state index contributed by atoms with van der Waals surface area (Å²) in [5.41, 5.74) is 3.63. The summed E-state index contributed by atoms with van der Waals surface area (Å²) < 4.78 is 5.93. The summed E-state index contributed by atoms with van der Waals surface area (Å²) in [5.74, 6) is 1.29. The van der Waals surface area contributed by atoms with Gasteiger partial charge in [0, 0.05) is 23.5 Å². The molecule has 3 aromatic rings. The Bertz CT molecular complexity index is 806. The Morgan fingerprint density at radius 1 is 1.17 bits per heavy atom. The first-order valence-corrected chi connectivity index (χ1v) is 8.78. The summed E-state index contributed by atoms with van der Waals surface area (Å²) in [7, 11) is 0. The third kappa shape index (κ3) is 2.82. The Labute approximate surface area is 139 Å². The van der Waals surface area contributed by atoms with E-state index in [-0.39, 0.29) is 6.04 Å². The molecule has 3 heterocycles. The van der Waals surface area contributed by atoms with Crippen LogP contribution in [0.25, 0.3) is 11.5 Å². The van der Waals surface area contributed by atoms with Gasteiger partial charge in [0.2, 0.25) is 11.8 Å². The number of thiophene rings is 1. The molecule has 1 aromatic carbocycles. The van der Waals surface area contributed by atoms with Gasteiger partial charge in [-0.3, -0.25) is 4.90 Å². The van der Waals surface area contributed by atoms with Crippen LogP contribution < -0.4 is 0 Å². The molecule has 0 spiro atoms. The molecule has 1 aliphatic heterocycles. The lowest BCUT2D eigenvalue weighted by Crippen LogP contribution is -2.32. The first-order valence-electron chi connectivity index (χ1n) is 7.90. The highest BCUT2D eigenvalue weighted by atomic mass is 32.1. The summed E-state index contributed by atoms with van der Waals surface area (Å²) in [6.07, 6.45) is 1.11. The molecule has 4 nitrogen and oxygen atoms in total. The van der Waals surface area contributed by atoms with Crippen LogP contribution in [0.2, 0.25) is 0 Å². The SMILES string of the molecule is Cc1ccc(-c2nnc([C@@H](C)N3CCc4sccc4C3)o2)cc1. The molecular formula is C18H19N3OS. The number of aryl methyl sites for hydroxylation is 1. The quantitative estimate of drug-likeness (QED) is 0.723. The second kappa shape index (κ2) is 5.91. The third-order valence-electron chi connectivity index (χ3n) is 4.48. The molecule has 1 atom stereocenters. The zero-order valence-corrected chi connectivity index (χ0v) is 14.1. The summed E-state index contributed by atoms with van der Waals surface area (Å²) in [6.45, 7) is 6.21. The third-order valence-corrected chi connectivity index (χ3v) is 5.50. The van der Waals surface area contributed by atoms with Crippen LogP contribution in [0, 0.1) is 6.92 Å². The molecule has 23 heavy (non-hydrogen) atoms. The standard InChI is InChI=1S/C18H19N3OS/c1-12-3-5-14(6-4-12)18-20-19-17(22-18)13(2)21-9-7-16-15(11-21)8-10-23-16/h3-6,8,10,13H,7,9,11H2,1-2H3/t13-/m1/s1. The molecule has 118 valence electrons. The molecule has 0 aliphatic carbocycles. The van der Waals surface area contributed by atoms with Crippen LogP contribution in [-0.2, 0) is 13.0 Å². The molecule has 0 N–H and O–H groups in total. The molecular weight excluding hydrogens is 306 g/mol. The van der Waals surface area contributed by atoms with Crippen molar-refractivity contribution < 1.29 is 4.42 Å². The predicted octanol–water partition coefficient (Wildman–Crippen LogP) is 4.23. The highest BCUT2D eigenvalue weighted by Gasteiger charge is 2.26. The zero-order chi connectivity index (χ0) is 15.8. The normalized spacial score (nSPS) is 16.3. The van der Waals surface area contributed by atoms with Crippen LogP contribution in [-0.4, -0.2) is 21.6 Å². The Kier molecular flexibility index (Phi) is 3.75. The molecule has 4 rings (SSSR count). The van der Waals surface area contributed by atoms with E-state index in [0.29, 0.717) is 11.8 Å². The maximum atomic E-state index is 5.93. The topological polar surface area (TPSA) is 42.2 Å². The summed E-state index contributed by atoms with van der Waals surface area (Å²) in [5, 5.41) is 10.7. The van der Waals surface area contributed by atoms with Gasteiger partial charge in [0.1, 0.15) is 0 Å². The van der Waals surface area contributed by atoms with Crippen molar-refractivity contribution >= 4 is 11.3 Å². The van der Waals surface area contributed by atoms with Crippen LogP contribution in [0.3, 0.4) is 0 Å². The van der Waals surface area contributed by atoms with Crippen molar-refractivity contribution in [1.82, 2.24) is 15.1 Å². The fourth-order valence-corrected chi connectivity index (χ4v) is 3.86. The average molecular weight is 325 g/mol. The number of fused-ring (bicyclic) bond motifs is 1. The van der Waals surface area contributed by atoms with Gasteiger partial charge in [0.15, 0.2) is 0 Å². The molecule has 0 fully saturated rings. The molecule has 5 heteroatoms. The fourth-order valence-electron chi connectivity index (χ4n) is 2.97. The number of aromatic nitrogens is 2. The lowest BCUT2D eigenvalue weighted by atomic mass is 10.1. The van der Waals surface area contributed by atoms with Gasteiger partial charge in [-0.15, -0.1) is 21.5 Å². The van der Waals surface area contributed by atoms with E-state index in [4.69, 9.17) is 4.42 Å². The Morgan fingerprint density at radius 2 is 2.00 bits per heavy atom. The second-order valence-electron chi connectivity index (χ2n) is 6.08. The van der Waals surface area contributed by atoms with Gasteiger partial charge in [0.25, 0.3) is 0 Å². The molecule has 0 unspecified atom stereocenters. The highest BCUT2D eigenvalue weighted by molar-refractivity contribution is 7.10. The minimum Gasteiger partial charge on any atom is -0.419 e. The van der Waals surface area contributed by atoms with Gasteiger partial charge in [-0.25, -0.2) is 0 Å². The lowest BCUT2D eigenvalue weighted by Gasteiger charge is -2.30. The van der Waals surface area contributed by atoms with Crippen LogP contribution in [0.15, 0.2) is 40.1 Å². The number of hydrogen-bond donors (Lipinski definition) is 0. The van der Waals surface area contributed by atoms with Crippen molar-refractivity contribution in [2.75, 3.05) is 6.54 Å². The largest absolute Gasteiger partial charge is 0.419 e. The second-order valence-corrected chi connectivity index (χ2v) is 7.08. The van der Waals surface area contributed by atoms with E-state index in [2.05, 4.69) is 52.5 Å². The minimum absolute atomic E-state index is 0.134. The van der Waals surface area contributed by atoms with Gasteiger partial charge >= 0.3 is 0 Å². The van der Waals surface area contributed by atoms with Crippen molar-refractivity contribution in [2.24, 2.45) is 0 Å². The number of rotatable bonds is 3. The van der Waals surface area contributed by atoms with Crippen molar-refractivity contribution in [3.8, 4) is 11.5 Å². The van der Waals surface area contributed by atoms with E-state index in [1.165, 1.54) is 16.0 Å². The first kappa shape index (κ1) is 14.6. The van der Waals surface area contributed by atoms with Gasteiger partial charge < -0.3 is 4.42 Å². The Hall–Kier alpha value is -1.98. The van der Waals surface area contributed by atoms with E-state index in [1.54, 1.807) is 0 Å². The maximum Gasteiger partial charge on any atom is 0.247 e. The summed E-state index contributed by atoms with van der Waals surface area (Å²) in [6, 6.07) is 10.5. The number of nitrogens with zero attached hydrogens (tertiary/aromatic N) is 3. The van der Waals surface area contributed by atoms with E-state index in [1.807, 2.05) is 23.5 Å². The number of hydrogen-bond acceptors (Lipinski definition) is 5. The fraction of sp³-hybridized carbons (Fsp3) is 0.333. The van der Waals surface area contributed by atoms with Gasteiger partial charge in [-0.2, -0.15) is 0 Å². The Morgan fingerprint density at radius 3 is 2.83 bits per heavy atom. The van der Waals surface area contributed by atoms with Gasteiger partial charge in [-0.1, -0.05) is 17.7 Å². The van der Waals surface area contributed by atoms with E-state index >= 15 is 0 Å². The molecule has 1 aliphatic rings. The monoisotopic (exact) mass is 325 g/mol. The smallest absolute Gasteiger partial charge is 0.247 e. The highest BCUT2D eigenvalue weighted by Crippen LogP contribution is 2.30. The lowest BCUT2D eigenvalue weighted by molar-refractivity contribution is 0.168. The van der Waals surface area contributed by atoms with Crippen molar-refractivity contribution in [3.63, 3.8) is 0 Å². The Balaban J connectivity index is 1.53. The van der Waals surface area contributed by atoms with Gasteiger partial charge in [0.05, 0.1) is 6.04 Å². The minimum atomic E-state index is 0.134. The first-order chi connectivity index (χ1) is 11.2. The van der Waals surface area contributed by atoms with E-state index in [9.17, 15) is 0 Å². The summed E-state index contributed by atoms with van der Waals surface area (Å²) in [4.78, 5) is 3.92. The predicted molar refractivity (Wildman–Crippen MR) is 91.3 cm³/mol. The molecule has 0 radical (unpaired) electrons. The van der Waals surface area contributed by atoms with Crippen LogP contribution in [0.1, 0.15) is 34.9 Å². The van der Waals surface area contributed by atoms with E-state index in [0.717, 1.165) is 25.1 Å². The van der Waals surface area contributed by atoms with Crippen LogP contribution >= 0.6 is 11.3 Å². The molecule has 0 saturated carbocycles. The van der Waals surface area contributed by atoms with E-state index < -0.39 is 0 Å². The maximum absolute atomic E-state index is 5.93. The molecule has 0 saturated heterocycles. The average Bonchev–Trinajstić information content (AvgIpc) is 3.23.